The smallest absolute Gasteiger partial charge is 0.164 e. The molecule has 1 fully saturated rings. The van der Waals surface area contributed by atoms with Crippen LogP contribution in [-0.4, -0.2) is 35.9 Å². The molecule has 1 aliphatic carbocycles. The van der Waals surface area contributed by atoms with Crippen LogP contribution in [0.5, 0.6) is 0 Å². The van der Waals surface area contributed by atoms with Crippen LogP contribution < -0.4 is 5.73 Å². The van der Waals surface area contributed by atoms with Gasteiger partial charge in [-0.3, -0.25) is 0 Å². The second-order valence-electron chi connectivity index (χ2n) is 8.32. The Labute approximate surface area is 216 Å². The molecule has 1 radical (unpaired) electrons. The van der Waals surface area contributed by atoms with E-state index in [1.165, 1.54) is 6.33 Å². The fourth-order valence-electron chi connectivity index (χ4n) is 4.47. The first-order valence-corrected chi connectivity index (χ1v) is 10.6. The molecule has 3 heterocycles. The molecule has 0 atom stereocenters. The van der Waals surface area contributed by atoms with Crippen LogP contribution in [0.15, 0.2) is 54.9 Å². The number of nitrogen functional groups attached to an aromatic ring is 1. The Balaban J connectivity index is 0.00000228. The molecule has 0 spiro atoms. The zero-order valence-electron chi connectivity index (χ0n) is 18.1. The van der Waals surface area contributed by atoms with Gasteiger partial charge in [-0.25, -0.2) is 14.6 Å². The van der Waals surface area contributed by atoms with Crippen molar-refractivity contribution < 1.29 is 37.8 Å². The number of benzene rings is 2. The molecule has 161 valence electrons. The zero-order chi connectivity index (χ0) is 21.8. The summed E-state index contributed by atoms with van der Waals surface area (Å²) in [5.41, 5.74) is 12.5. The molecule has 0 unspecified atom stereocenters. The molecule has 0 aliphatic heterocycles. The number of fused-ring (bicyclic) bond motifs is 2. The van der Waals surface area contributed by atoms with Gasteiger partial charge in [0.15, 0.2) is 5.65 Å². The second-order valence-corrected chi connectivity index (χ2v) is 8.32. The molecule has 3 N–H and O–H groups in total. The van der Waals surface area contributed by atoms with E-state index < -0.39 is 0 Å². The van der Waals surface area contributed by atoms with Gasteiger partial charge in [-0.2, -0.15) is 5.10 Å². The van der Waals surface area contributed by atoms with Crippen LogP contribution in [0.3, 0.4) is 0 Å². The van der Waals surface area contributed by atoms with Gasteiger partial charge in [0, 0.05) is 32.7 Å². The second kappa shape index (κ2) is 8.56. The van der Waals surface area contributed by atoms with E-state index in [2.05, 4.69) is 16.0 Å². The Morgan fingerprint density at radius 3 is 2.64 bits per heavy atom. The number of rotatable bonds is 3. The number of hydrogen-bond donors (Lipinski definition) is 2. The van der Waals surface area contributed by atoms with E-state index in [0.717, 1.165) is 44.4 Å². The van der Waals surface area contributed by atoms with Crippen molar-refractivity contribution in [2.45, 2.75) is 31.9 Å². The Hall–Kier alpha value is -2.74. The molecule has 2 aromatic carbocycles. The number of aryl methyl sites for hydroxylation is 1. The number of nitrogens with zero attached hydrogens (tertiary/aromatic N) is 5. The van der Waals surface area contributed by atoms with E-state index in [9.17, 15) is 5.11 Å². The van der Waals surface area contributed by atoms with Crippen LogP contribution in [0, 0.1) is 13.0 Å². The molecule has 0 amide bonds. The standard InChI is InChI=1S/C25H21N6O.Y/c1-14-19(9-7-16-8-10-20(29-22(14)16)15-5-3-2-4-6-15)23-21-24(26)27-13-28-25(21)31(30-23)17-11-18(32)12-17;/h2-7,9-10,13,17-18,32H,11-12H2,1H3,(H2,26,27,28);/q-1;. The van der Waals surface area contributed by atoms with E-state index >= 15 is 0 Å². The summed E-state index contributed by atoms with van der Waals surface area (Å²) in [6, 6.07) is 19.5. The van der Waals surface area contributed by atoms with E-state index in [-0.39, 0.29) is 44.9 Å². The van der Waals surface area contributed by atoms with Crippen LogP contribution in [0.1, 0.15) is 24.4 Å². The molecule has 33 heavy (non-hydrogen) atoms. The average molecular weight is 510 g/mol. The largest absolute Gasteiger partial charge is 0.393 e. The topological polar surface area (TPSA) is 103 Å². The van der Waals surface area contributed by atoms with Crippen molar-refractivity contribution in [3.63, 3.8) is 0 Å². The summed E-state index contributed by atoms with van der Waals surface area (Å²) < 4.78 is 1.89. The van der Waals surface area contributed by atoms with Crippen molar-refractivity contribution >= 4 is 27.8 Å². The molecule has 0 saturated heterocycles. The molecule has 1 aliphatic rings. The molecule has 3 aromatic heterocycles. The van der Waals surface area contributed by atoms with Crippen LogP contribution in [0.4, 0.5) is 5.82 Å². The summed E-state index contributed by atoms with van der Waals surface area (Å²) in [7, 11) is 0. The van der Waals surface area contributed by atoms with Crippen LogP contribution in [0.25, 0.3) is 44.5 Å². The zero-order valence-corrected chi connectivity index (χ0v) is 20.9. The van der Waals surface area contributed by atoms with Gasteiger partial charge in [-0.05, 0) is 42.1 Å². The number of hydrogen-bond acceptors (Lipinski definition) is 6. The minimum atomic E-state index is -0.291. The van der Waals surface area contributed by atoms with Gasteiger partial charge in [-0.15, -0.1) is 23.6 Å². The number of aliphatic hydroxyl groups excluding tert-OH is 1. The maximum atomic E-state index is 9.80. The van der Waals surface area contributed by atoms with Crippen LogP contribution >= 0.6 is 0 Å². The quantitative estimate of drug-likeness (QED) is 0.355. The first-order chi connectivity index (χ1) is 15.6. The molecule has 8 heteroatoms. The summed E-state index contributed by atoms with van der Waals surface area (Å²) in [5, 5.41) is 16.4. The summed E-state index contributed by atoms with van der Waals surface area (Å²) in [5.74, 6) is 0.396. The van der Waals surface area contributed by atoms with Crippen molar-refractivity contribution in [1.82, 2.24) is 24.7 Å². The van der Waals surface area contributed by atoms with Crippen molar-refractivity contribution in [3.8, 4) is 22.5 Å². The summed E-state index contributed by atoms with van der Waals surface area (Å²) >= 11 is 0. The third-order valence-electron chi connectivity index (χ3n) is 6.30. The van der Waals surface area contributed by atoms with Gasteiger partial charge >= 0.3 is 0 Å². The van der Waals surface area contributed by atoms with Gasteiger partial charge in [0.1, 0.15) is 17.8 Å². The SMILES string of the molecule is Cc1c(-c2nn(C3CC(O)C3)c3ncnc(N)c23)ccc2[c-]cc(-c3ccccc3)nc12.[Y]. The van der Waals surface area contributed by atoms with E-state index in [1.807, 2.05) is 60.1 Å². The predicted octanol–water partition coefficient (Wildman–Crippen LogP) is 4.09. The number of aliphatic hydroxyl groups is 1. The third kappa shape index (κ3) is 3.64. The van der Waals surface area contributed by atoms with Crippen LogP contribution in [-0.2, 0) is 32.7 Å². The van der Waals surface area contributed by atoms with Gasteiger partial charge < -0.3 is 15.8 Å². The minimum Gasteiger partial charge on any atom is -0.393 e. The monoisotopic (exact) mass is 510 g/mol. The maximum absolute atomic E-state index is 9.80. The van der Waals surface area contributed by atoms with E-state index in [4.69, 9.17) is 15.8 Å². The Morgan fingerprint density at radius 2 is 1.88 bits per heavy atom. The molecule has 5 aromatic rings. The third-order valence-corrected chi connectivity index (χ3v) is 6.30. The van der Waals surface area contributed by atoms with Crippen molar-refractivity contribution in [3.05, 3.63) is 66.5 Å². The van der Waals surface area contributed by atoms with Crippen molar-refractivity contribution in [2.75, 3.05) is 5.73 Å². The molecular formula is C25H21N6OY-. The molecule has 1 saturated carbocycles. The first-order valence-electron chi connectivity index (χ1n) is 10.6. The predicted molar refractivity (Wildman–Crippen MR) is 124 cm³/mol. The number of anilines is 1. The Kier molecular flexibility index (Phi) is 5.73. The maximum Gasteiger partial charge on any atom is 0.164 e. The summed E-state index contributed by atoms with van der Waals surface area (Å²) in [6.45, 7) is 2.05. The molecule has 0 bridgehead atoms. The molecule has 7 nitrogen and oxygen atoms in total. The molecular weight excluding hydrogens is 489 g/mol. The van der Waals surface area contributed by atoms with Crippen LogP contribution in [0.2, 0.25) is 0 Å². The minimum absolute atomic E-state index is 0. The van der Waals surface area contributed by atoms with Gasteiger partial charge in [0.2, 0.25) is 0 Å². The van der Waals surface area contributed by atoms with Crippen molar-refractivity contribution in [1.29, 1.82) is 0 Å². The van der Waals surface area contributed by atoms with Gasteiger partial charge in [0.05, 0.1) is 17.5 Å². The van der Waals surface area contributed by atoms with E-state index in [1.54, 1.807) is 0 Å². The average Bonchev–Trinajstić information content (AvgIpc) is 3.18. The normalized spacial score (nSPS) is 17.6. The summed E-state index contributed by atoms with van der Waals surface area (Å²) in [4.78, 5) is 13.6. The number of aromatic nitrogens is 5. The molecule has 6 rings (SSSR count). The Morgan fingerprint density at radius 1 is 1.09 bits per heavy atom. The fraction of sp³-hybridized carbons (Fsp3) is 0.200. The fourth-order valence-corrected chi connectivity index (χ4v) is 4.47. The Bertz CT molecular complexity index is 1480. The summed E-state index contributed by atoms with van der Waals surface area (Å²) in [6.07, 6.45) is 2.49. The first kappa shape index (κ1) is 22.1. The number of nitrogens with two attached hydrogens (primary N) is 1. The van der Waals surface area contributed by atoms with Crippen molar-refractivity contribution in [2.24, 2.45) is 0 Å². The number of pyridine rings is 1. The van der Waals surface area contributed by atoms with Gasteiger partial charge in [0.25, 0.3) is 0 Å². The van der Waals surface area contributed by atoms with Gasteiger partial charge in [-0.1, -0.05) is 42.0 Å². The van der Waals surface area contributed by atoms with E-state index in [0.29, 0.717) is 24.3 Å².